The number of thioether (sulfide) groups is 1. The lowest BCUT2D eigenvalue weighted by atomic mass is 10.1. The fourth-order valence-electron chi connectivity index (χ4n) is 3.48. The number of anilines is 1. The van der Waals surface area contributed by atoms with Gasteiger partial charge in [-0.05, 0) is 42.4 Å². The molecule has 0 aromatic heterocycles. The predicted molar refractivity (Wildman–Crippen MR) is 124 cm³/mol. The second-order valence-electron chi connectivity index (χ2n) is 7.95. The quantitative estimate of drug-likeness (QED) is 0.334. The summed E-state index contributed by atoms with van der Waals surface area (Å²) in [6.07, 6.45) is 0.986. The number of carbonyl (C=O) groups excluding carboxylic acids is 1. The first-order chi connectivity index (χ1) is 14.9. The lowest BCUT2D eigenvalue weighted by Gasteiger charge is -2.36. The van der Waals surface area contributed by atoms with Crippen molar-refractivity contribution < 1.29 is 14.5 Å². The van der Waals surface area contributed by atoms with Crippen LogP contribution in [0.4, 0.5) is 11.4 Å². The Labute approximate surface area is 187 Å². The van der Waals surface area contributed by atoms with Crippen LogP contribution in [-0.2, 0) is 0 Å². The van der Waals surface area contributed by atoms with E-state index >= 15 is 0 Å². The maximum absolute atomic E-state index is 13.0. The van der Waals surface area contributed by atoms with E-state index in [0.29, 0.717) is 42.6 Å². The van der Waals surface area contributed by atoms with Crippen LogP contribution in [0.2, 0.25) is 0 Å². The zero-order chi connectivity index (χ0) is 22.4. The summed E-state index contributed by atoms with van der Waals surface area (Å²) >= 11 is 1.48. The van der Waals surface area contributed by atoms with Crippen LogP contribution in [0.3, 0.4) is 0 Å². The van der Waals surface area contributed by atoms with E-state index in [1.807, 2.05) is 24.3 Å². The number of nitro benzene ring substituents is 1. The Morgan fingerprint density at radius 3 is 2.55 bits per heavy atom. The number of rotatable bonds is 8. The van der Waals surface area contributed by atoms with Gasteiger partial charge in [-0.15, -0.1) is 11.8 Å². The normalized spacial score (nSPS) is 14.1. The number of carbonyl (C=O) groups is 1. The highest BCUT2D eigenvalue weighted by Crippen LogP contribution is 2.32. The Kier molecular flexibility index (Phi) is 7.79. The van der Waals surface area contributed by atoms with Gasteiger partial charge in [0.25, 0.3) is 11.6 Å². The third kappa shape index (κ3) is 5.91. The van der Waals surface area contributed by atoms with Gasteiger partial charge in [-0.3, -0.25) is 14.9 Å². The molecule has 1 saturated heterocycles. The molecule has 0 bridgehead atoms. The van der Waals surface area contributed by atoms with Crippen LogP contribution in [0.25, 0.3) is 0 Å². The molecule has 1 fully saturated rings. The molecule has 0 saturated carbocycles. The van der Waals surface area contributed by atoms with Crippen molar-refractivity contribution in [3.63, 3.8) is 0 Å². The first-order valence-corrected chi connectivity index (χ1v) is 11.5. The number of amides is 1. The Morgan fingerprint density at radius 2 is 1.90 bits per heavy atom. The van der Waals surface area contributed by atoms with E-state index < -0.39 is 4.92 Å². The molecule has 0 spiro atoms. The van der Waals surface area contributed by atoms with Crippen molar-refractivity contribution in [1.82, 2.24) is 4.90 Å². The van der Waals surface area contributed by atoms with Gasteiger partial charge < -0.3 is 14.5 Å². The number of piperazine rings is 1. The molecule has 0 atom stereocenters. The van der Waals surface area contributed by atoms with Crippen molar-refractivity contribution in [2.75, 3.05) is 43.9 Å². The molecular formula is C23H29N3O4S. The molecule has 0 aliphatic carbocycles. The predicted octanol–water partition coefficient (Wildman–Crippen LogP) is 4.70. The molecule has 1 amide bonds. The smallest absolute Gasteiger partial charge is 0.283 e. The summed E-state index contributed by atoms with van der Waals surface area (Å²) in [5.41, 5.74) is 1.44. The van der Waals surface area contributed by atoms with Crippen molar-refractivity contribution in [3.8, 4) is 5.75 Å². The van der Waals surface area contributed by atoms with Gasteiger partial charge >= 0.3 is 0 Å². The molecule has 31 heavy (non-hydrogen) atoms. The van der Waals surface area contributed by atoms with Crippen molar-refractivity contribution in [2.45, 2.75) is 25.2 Å². The van der Waals surface area contributed by atoms with E-state index in [0.717, 1.165) is 23.6 Å². The summed E-state index contributed by atoms with van der Waals surface area (Å²) in [4.78, 5) is 28.8. The van der Waals surface area contributed by atoms with Crippen LogP contribution < -0.4 is 9.64 Å². The largest absolute Gasteiger partial charge is 0.497 e. The Balaban J connectivity index is 1.66. The molecule has 166 valence electrons. The fraction of sp³-hybridized carbons (Fsp3) is 0.435. The van der Waals surface area contributed by atoms with Gasteiger partial charge in [-0.1, -0.05) is 19.9 Å². The maximum Gasteiger partial charge on any atom is 0.283 e. The highest BCUT2D eigenvalue weighted by atomic mass is 32.2. The monoisotopic (exact) mass is 443 g/mol. The molecule has 7 nitrogen and oxygen atoms in total. The lowest BCUT2D eigenvalue weighted by molar-refractivity contribution is -0.387. The first kappa shape index (κ1) is 22.9. The highest BCUT2D eigenvalue weighted by molar-refractivity contribution is 7.99. The first-order valence-electron chi connectivity index (χ1n) is 10.5. The molecular weight excluding hydrogens is 414 g/mol. The number of hydrogen-bond donors (Lipinski definition) is 0. The Morgan fingerprint density at radius 1 is 1.16 bits per heavy atom. The molecule has 3 rings (SSSR count). The second kappa shape index (κ2) is 10.5. The van der Waals surface area contributed by atoms with Gasteiger partial charge in [-0.2, -0.15) is 0 Å². The molecule has 1 heterocycles. The van der Waals surface area contributed by atoms with Gasteiger partial charge in [0, 0.05) is 49.6 Å². The van der Waals surface area contributed by atoms with Crippen molar-refractivity contribution in [3.05, 3.63) is 58.1 Å². The highest BCUT2D eigenvalue weighted by Gasteiger charge is 2.25. The summed E-state index contributed by atoms with van der Waals surface area (Å²) < 4.78 is 5.29. The fourth-order valence-corrected chi connectivity index (χ4v) is 4.73. The van der Waals surface area contributed by atoms with E-state index in [-0.39, 0.29) is 11.6 Å². The standard InChI is InChI=1S/C23H29N3O4S/c1-17(2)9-14-31-22-8-7-18(15-21(22)26(28)29)23(27)25-12-10-24(11-13-25)19-5-4-6-20(16-19)30-3/h4-8,15-17H,9-14H2,1-3H3. The topological polar surface area (TPSA) is 75.9 Å². The summed E-state index contributed by atoms with van der Waals surface area (Å²) in [5, 5.41) is 11.6. The molecule has 1 aliphatic heterocycles. The maximum atomic E-state index is 13.0. The van der Waals surface area contributed by atoms with Crippen LogP contribution in [0.1, 0.15) is 30.6 Å². The SMILES string of the molecule is COc1cccc(N2CCN(C(=O)c3ccc(SCCC(C)C)c([N+](=O)[O-])c3)CC2)c1. The summed E-state index contributed by atoms with van der Waals surface area (Å²) in [7, 11) is 1.64. The van der Waals surface area contributed by atoms with Gasteiger partial charge in [0.15, 0.2) is 0 Å². The van der Waals surface area contributed by atoms with Crippen molar-refractivity contribution in [2.24, 2.45) is 5.92 Å². The minimum Gasteiger partial charge on any atom is -0.497 e. The van der Waals surface area contributed by atoms with Crippen LogP contribution >= 0.6 is 11.8 Å². The molecule has 2 aromatic carbocycles. The number of ether oxygens (including phenoxy) is 1. The lowest BCUT2D eigenvalue weighted by Crippen LogP contribution is -2.48. The average molecular weight is 444 g/mol. The second-order valence-corrected chi connectivity index (χ2v) is 9.09. The van der Waals surface area contributed by atoms with E-state index in [1.54, 1.807) is 24.1 Å². The average Bonchev–Trinajstić information content (AvgIpc) is 2.78. The van der Waals surface area contributed by atoms with E-state index in [4.69, 9.17) is 4.74 Å². The summed E-state index contributed by atoms with van der Waals surface area (Å²) in [5.74, 6) is 2.00. The zero-order valence-corrected chi connectivity index (χ0v) is 19.1. The van der Waals surface area contributed by atoms with Gasteiger partial charge in [0.1, 0.15) is 5.75 Å². The van der Waals surface area contributed by atoms with Gasteiger partial charge in [-0.25, -0.2) is 0 Å². The molecule has 0 radical (unpaired) electrons. The molecule has 8 heteroatoms. The van der Waals surface area contributed by atoms with Crippen LogP contribution in [0.5, 0.6) is 5.75 Å². The third-order valence-corrected chi connectivity index (χ3v) is 6.44. The molecule has 0 unspecified atom stereocenters. The molecule has 1 aliphatic rings. The number of methoxy groups -OCH3 is 1. The Bertz CT molecular complexity index is 927. The van der Waals surface area contributed by atoms with E-state index in [9.17, 15) is 14.9 Å². The Hall–Kier alpha value is -2.74. The number of hydrogen-bond acceptors (Lipinski definition) is 6. The summed E-state index contributed by atoms with van der Waals surface area (Å²) in [6.45, 7) is 6.79. The zero-order valence-electron chi connectivity index (χ0n) is 18.2. The van der Waals surface area contributed by atoms with Crippen molar-refractivity contribution >= 4 is 29.0 Å². The van der Waals surface area contributed by atoms with Crippen LogP contribution in [0, 0.1) is 16.0 Å². The number of benzene rings is 2. The minimum absolute atomic E-state index is 0.00891. The van der Waals surface area contributed by atoms with Gasteiger partial charge in [0.2, 0.25) is 0 Å². The minimum atomic E-state index is -0.394. The van der Waals surface area contributed by atoms with Gasteiger partial charge in [0.05, 0.1) is 16.9 Å². The summed E-state index contributed by atoms with van der Waals surface area (Å²) in [6, 6.07) is 12.7. The van der Waals surface area contributed by atoms with E-state index in [1.165, 1.54) is 17.8 Å². The van der Waals surface area contributed by atoms with Crippen LogP contribution in [-0.4, -0.2) is 54.8 Å². The van der Waals surface area contributed by atoms with Crippen molar-refractivity contribution in [1.29, 1.82) is 0 Å². The third-order valence-electron chi connectivity index (χ3n) is 5.34. The number of nitrogens with zero attached hydrogens (tertiary/aromatic N) is 3. The van der Waals surface area contributed by atoms with E-state index in [2.05, 4.69) is 18.7 Å². The molecule has 2 aromatic rings. The number of nitro groups is 1. The molecule has 0 N–H and O–H groups in total. The van der Waals surface area contributed by atoms with Crippen LogP contribution in [0.15, 0.2) is 47.4 Å².